The number of rotatable bonds is 39. The van der Waals surface area contributed by atoms with Crippen LogP contribution in [0.15, 0.2) is 109 Å². The molecule has 1 unspecified atom stereocenters. The topological polar surface area (TPSA) is 212 Å². The molecule has 0 saturated heterocycles. The lowest BCUT2D eigenvalue weighted by atomic mass is 10.1. The van der Waals surface area contributed by atoms with Gasteiger partial charge in [-0.15, -0.1) is 0 Å². The Balaban J connectivity index is 4.73. The number of carbonyl (C=O) groups is 3. The minimum Gasteiger partial charge on any atom is -0.480 e. The predicted octanol–water partition coefficient (Wildman–Crippen LogP) is 9.78. The molecule has 0 bridgehead atoms. The summed E-state index contributed by atoms with van der Waals surface area (Å²) in [6, 6.07) is -1.57. The van der Waals surface area contributed by atoms with Crippen molar-refractivity contribution in [2.75, 3.05) is 19.8 Å². The lowest BCUT2D eigenvalue weighted by Crippen LogP contribution is -2.34. The Morgan fingerprint density at radius 2 is 1.06 bits per heavy atom. The van der Waals surface area contributed by atoms with E-state index in [-0.39, 0.29) is 19.3 Å². The van der Waals surface area contributed by atoms with Gasteiger partial charge in [0, 0.05) is 12.8 Å². The molecule has 62 heavy (non-hydrogen) atoms. The fourth-order valence-electron chi connectivity index (χ4n) is 5.14. The van der Waals surface area contributed by atoms with E-state index in [0.29, 0.717) is 25.7 Å². The maximum absolute atomic E-state index is 12.6. The Hall–Kier alpha value is -3.94. The van der Waals surface area contributed by atoms with E-state index in [1.807, 2.05) is 42.5 Å². The molecular weight excluding hydrogens is 813 g/mol. The molecule has 0 spiro atoms. The smallest absolute Gasteiger partial charge is 0.472 e. The highest BCUT2D eigenvalue weighted by molar-refractivity contribution is 7.47. The zero-order valence-corrected chi connectivity index (χ0v) is 38.0. The van der Waals surface area contributed by atoms with Crippen molar-refractivity contribution in [2.24, 2.45) is 5.73 Å². The normalized spacial score (nSPS) is 15.7. The molecule has 0 aliphatic rings. The first kappa shape index (κ1) is 58.1. The Labute approximate surface area is 371 Å². The monoisotopic (exact) mass is 890 g/mol. The minimum atomic E-state index is -4.80. The number of aliphatic carboxylic acids is 1. The first-order chi connectivity index (χ1) is 29.9. The van der Waals surface area contributed by atoms with Crippen molar-refractivity contribution in [3.63, 3.8) is 0 Å². The standard InChI is InChI=1S/C48H76NO12P/c1-3-5-7-8-9-10-11-12-13-14-15-16-17-18-19-20-24-27-31-37-47(53)61-44(40-59-62(56,57)60-41-45(49)48(54)55)39-58-46(52)38-32-36-43(51)35-30-26-23-21-22-25-29-34-42(50)33-28-6-4-2/h9-10,12-13,15-16,18-19,22-27,29-30,34-35,42-45,50-51H,3-8,11,14,17,20-21,28,31-33,36-41,49H2,1-2H3,(H,54,55)(H,56,57)/b10-9-,13-12-,16-15-,19-18-,25-22-,26-23-,27-24-,34-29+,35-30+/t42-,43-,44+,45-/m0/s1. The molecule has 5 atom stereocenters. The van der Waals surface area contributed by atoms with Gasteiger partial charge in [0.25, 0.3) is 0 Å². The summed E-state index contributed by atoms with van der Waals surface area (Å²) in [6.07, 6.45) is 46.7. The van der Waals surface area contributed by atoms with Crippen LogP contribution in [-0.2, 0) is 37.5 Å². The maximum Gasteiger partial charge on any atom is 0.472 e. The number of phosphoric acid groups is 1. The van der Waals surface area contributed by atoms with Crippen LogP contribution in [0.4, 0.5) is 0 Å². The number of carboxylic acid groups (broad SMARTS) is 1. The number of aliphatic hydroxyl groups is 2. The van der Waals surface area contributed by atoms with Crippen LogP contribution in [0.25, 0.3) is 0 Å². The average Bonchev–Trinajstić information content (AvgIpc) is 3.24. The van der Waals surface area contributed by atoms with Crippen LogP contribution in [0.2, 0.25) is 0 Å². The van der Waals surface area contributed by atoms with Gasteiger partial charge in [-0.1, -0.05) is 155 Å². The summed E-state index contributed by atoms with van der Waals surface area (Å²) in [5.74, 6) is -2.76. The molecule has 350 valence electrons. The highest BCUT2D eigenvalue weighted by atomic mass is 31.2. The van der Waals surface area contributed by atoms with Crippen molar-refractivity contribution in [3.05, 3.63) is 109 Å². The molecule has 0 fully saturated rings. The summed E-state index contributed by atoms with van der Waals surface area (Å²) in [7, 11) is -4.80. The number of unbranched alkanes of at least 4 members (excludes halogenated alkanes) is 5. The summed E-state index contributed by atoms with van der Waals surface area (Å²) in [6.45, 7) is 2.34. The third-order valence-electron chi connectivity index (χ3n) is 8.72. The van der Waals surface area contributed by atoms with Crippen LogP contribution in [0.3, 0.4) is 0 Å². The van der Waals surface area contributed by atoms with E-state index in [1.165, 1.54) is 19.3 Å². The summed E-state index contributed by atoms with van der Waals surface area (Å²) < 4.78 is 32.4. The van der Waals surface area contributed by atoms with Gasteiger partial charge in [0.15, 0.2) is 6.10 Å². The van der Waals surface area contributed by atoms with E-state index < -0.39 is 69.9 Å². The third kappa shape index (κ3) is 40.2. The SMILES string of the molecule is CCCCC/C=C\C/C=C\C/C=C\C/C=C\C/C=C\CCC(=O)O[C@H](COC(=O)CCC[C@@H](O)/C=C/C=C\C/C=C\C=C\[C@@H](O)CCCCC)COP(=O)(O)OC[C@H](N)C(=O)O. The quantitative estimate of drug-likeness (QED) is 0.0128. The van der Waals surface area contributed by atoms with Gasteiger partial charge in [-0.25, -0.2) is 4.57 Å². The third-order valence-corrected chi connectivity index (χ3v) is 9.67. The van der Waals surface area contributed by atoms with E-state index >= 15 is 0 Å². The van der Waals surface area contributed by atoms with Crippen molar-refractivity contribution in [1.29, 1.82) is 0 Å². The summed E-state index contributed by atoms with van der Waals surface area (Å²) in [5.41, 5.74) is 5.31. The Morgan fingerprint density at radius 3 is 1.61 bits per heavy atom. The van der Waals surface area contributed by atoms with E-state index in [0.717, 1.165) is 51.4 Å². The Morgan fingerprint density at radius 1 is 0.581 bits per heavy atom. The van der Waals surface area contributed by atoms with Gasteiger partial charge >= 0.3 is 25.7 Å². The number of phosphoric ester groups is 1. The maximum atomic E-state index is 12.6. The van der Waals surface area contributed by atoms with Crippen molar-refractivity contribution in [1.82, 2.24) is 0 Å². The number of ether oxygens (including phenoxy) is 2. The van der Waals surface area contributed by atoms with E-state index in [9.17, 15) is 34.1 Å². The van der Waals surface area contributed by atoms with Gasteiger partial charge in [-0.3, -0.25) is 23.4 Å². The van der Waals surface area contributed by atoms with Crippen LogP contribution in [0.1, 0.15) is 129 Å². The number of nitrogens with two attached hydrogens (primary N) is 1. The molecule has 14 heteroatoms. The number of hydrogen-bond acceptors (Lipinski definition) is 11. The molecular formula is C48H76NO12P. The molecule has 0 aromatic carbocycles. The molecule has 0 heterocycles. The molecule has 0 amide bonds. The predicted molar refractivity (Wildman–Crippen MR) is 247 cm³/mol. The Bertz CT molecular complexity index is 1500. The fourth-order valence-corrected chi connectivity index (χ4v) is 5.92. The fraction of sp³-hybridized carbons (Fsp3) is 0.562. The van der Waals surface area contributed by atoms with Crippen molar-refractivity contribution < 1.29 is 57.7 Å². The highest BCUT2D eigenvalue weighted by Crippen LogP contribution is 2.43. The number of aliphatic hydroxyl groups excluding tert-OH is 2. The molecule has 6 N–H and O–H groups in total. The summed E-state index contributed by atoms with van der Waals surface area (Å²) in [5, 5.41) is 29.0. The molecule has 0 aromatic rings. The van der Waals surface area contributed by atoms with Gasteiger partial charge in [0.1, 0.15) is 12.6 Å². The molecule has 0 aliphatic heterocycles. The number of carboxylic acids is 1. The first-order valence-electron chi connectivity index (χ1n) is 22.1. The van der Waals surface area contributed by atoms with Crippen LogP contribution in [0.5, 0.6) is 0 Å². The second-order valence-electron chi connectivity index (χ2n) is 14.5. The first-order valence-corrected chi connectivity index (χ1v) is 23.6. The lowest BCUT2D eigenvalue weighted by molar-refractivity contribution is -0.161. The van der Waals surface area contributed by atoms with Crippen LogP contribution < -0.4 is 5.73 Å². The number of allylic oxidation sites excluding steroid dienone is 16. The summed E-state index contributed by atoms with van der Waals surface area (Å²) in [4.78, 5) is 46.0. The second-order valence-corrected chi connectivity index (χ2v) is 16.0. The molecule has 0 rings (SSSR count). The van der Waals surface area contributed by atoms with Gasteiger partial charge in [0.05, 0.1) is 25.4 Å². The molecule has 0 aromatic heterocycles. The van der Waals surface area contributed by atoms with Gasteiger partial charge in [-0.05, 0) is 70.6 Å². The van der Waals surface area contributed by atoms with Gasteiger partial charge < -0.3 is 35.4 Å². The number of esters is 2. The average molecular weight is 890 g/mol. The van der Waals surface area contributed by atoms with Crippen molar-refractivity contribution in [3.8, 4) is 0 Å². The number of carbonyl (C=O) groups excluding carboxylic acids is 2. The minimum absolute atomic E-state index is 0.0186. The van der Waals surface area contributed by atoms with Crippen LogP contribution >= 0.6 is 7.82 Å². The van der Waals surface area contributed by atoms with Gasteiger partial charge in [-0.2, -0.15) is 0 Å². The zero-order valence-electron chi connectivity index (χ0n) is 37.1. The lowest BCUT2D eigenvalue weighted by Gasteiger charge is -2.20. The van der Waals surface area contributed by atoms with E-state index in [2.05, 4.69) is 60.9 Å². The van der Waals surface area contributed by atoms with Crippen molar-refractivity contribution in [2.45, 2.75) is 154 Å². The molecule has 0 aliphatic carbocycles. The zero-order chi connectivity index (χ0) is 45.9. The van der Waals surface area contributed by atoms with E-state index in [4.69, 9.17) is 24.8 Å². The van der Waals surface area contributed by atoms with E-state index in [1.54, 1.807) is 24.3 Å². The Kier molecular flexibility index (Phi) is 38.5. The van der Waals surface area contributed by atoms with Crippen LogP contribution in [-0.4, -0.2) is 82.3 Å². The molecule has 13 nitrogen and oxygen atoms in total. The van der Waals surface area contributed by atoms with Crippen molar-refractivity contribution >= 4 is 25.7 Å². The van der Waals surface area contributed by atoms with Gasteiger partial charge in [0.2, 0.25) is 0 Å². The number of hydrogen-bond donors (Lipinski definition) is 5. The van der Waals surface area contributed by atoms with Crippen LogP contribution in [0, 0.1) is 0 Å². The highest BCUT2D eigenvalue weighted by Gasteiger charge is 2.28. The molecule has 0 radical (unpaired) electrons. The largest absolute Gasteiger partial charge is 0.480 e. The second kappa shape index (κ2) is 41.1. The molecule has 0 saturated carbocycles. The summed E-state index contributed by atoms with van der Waals surface area (Å²) >= 11 is 0.